The number of allylic oxidation sites excluding steroid dienone is 6. The Morgan fingerprint density at radius 2 is 1.08 bits per heavy atom. The highest BCUT2D eigenvalue weighted by Gasteiger charge is 2.34. The van der Waals surface area contributed by atoms with Crippen LogP contribution in [0.25, 0.3) is 0 Å². The van der Waals surface area contributed by atoms with Crippen LogP contribution in [0.5, 0.6) is 0 Å². The van der Waals surface area contributed by atoms with E-state index in [2.05, 4.69) is 18.2 Å². The minimum absolute atomic E-state index is 1.32. The average molecular weight is 345 g/mol. The average Bonchev–Trinajstić information content (AvgIpc) is 3.37. The number of hydrogen-bond acceptors (Lipinski definition) is 1. The zero-order valence-electron chi connectivity index (χ0n) is 15.7. The minimum atomic E-state index is -1.59. The van der Waals surface area contributed by atoms with E-state index in [0.717, 1.165) is 0 Å². The molecule has 134 valence electrons. The standard InChI is InChI=1S/C22H36OSi/c1-23-24(17-14-20-8-2-3-9-20,18-15-21-10-4-5-11-21)19-16-22-12-6-7-13-22/h8,10,12H,2-7,9,11,13-19H2,1H3. The van der Waals surface area contributed by atoms with Crippen molar-refractivity contribution < 1.29 is 4.43 Å². The second-order valence-electron chi connectivity index (χ2n) is 8.15. The van der Waals surface area contributed by atoms with E-state index >= 15 is 0 Å². The van der Waals surface area contributed by atoms with Gasteiger partial charge >= 0.3 is 0 Å². The van der Waals surface area contributed by atoms with Crippen LogP contribution < -0.4 is 0 Å². The van der Waals surface area contributed by atoms with Crippen molar-refractivity contribution in [1.29, 1.82) is 0 Å². The molecule has 24 heavy (non-hydrogen) atoms. The summed E-state index contributed by atoms with van der Waals surface area (Å²) in [6, 6.07) is 4.07. The normalized spacial score (nSPS) is 21.1. The van der Waals surface area contributed by atoms with Crippen LogP contribution in [0.2, 0.25) is 18.1 Å². The summed E-state index contributed by atoms with van der Waals surface area (Å²) in [5.41, 5.74) is 5.18. The van der Waals surface area contributed by atoms with E-state index in [0.29, 0.717) is 0 Å². The molecule has 0 fully saturated rings. The van der Waals surface area contributed by atoms with Crippen LogP contribution in [0.1, 0.15) is 77.0 Å². The summed E-state index contributed by atoms with van der Waals surface area (Å²) in [6.45, 7) is 0. The number of rotatable bonds is 10. The summed E-state index contributed by atoms with van der Waals surface area (Å²) in [4.78, 5) is 0. The van der Waals surface area contributed by atoms with E-state index in [1.165, 1.54) is 95.2 Å². The fourth-order valence-corrected chi connectivity index (χ4v) is 8.43. The second-order valence-corrected chi connectivity index (χ2v) is 12.4. The molecule has 0 saturated heterocycles. The van der Waals surface area contributed by atoms with Crippen molar-refractivity contribution in [3.63, 3.8) is 0 Å². The van der Waals surface area contributed by atoms with Crippen LogP contribution in [0.3, 0.4) is 0 Å². The molecule has 3 rings (SSSR count). The molecule has 3 aliphatic carbocycles. The smallest absolute Gasteiger partial charge is 0.193 e. The van der Waals surface area contributed by atoms with Crippen molar-refractivity contribution in [2.75, 3.05) is 7.11 Å². The molecule has 0 heterocycles. The number of hydrogen-bond donors (Lipinski definition) is 0. The summed E-state index contributed by atoms with van der Waals surface area (Å²) in [5, 5.41) is 0. The molecule has 0 radical (unpaired) electrons. The molecule has 0 aromatic rings. The van der Waals surface area contributed by atoms with Crippen LogP contribution in [0.4, 0.5) is 0 Å². The highest BCUT2D eigenvalue weighted by Crippen LogP contribution is 2.36. The lowest BCUT2D eigenvalue weighted by Gasteiger charge is -2.31. The Hall–Kier alpha value is -0.603. The van der Waals surface area contributed by atoms with Gasteiger partial charge in [-0.2, -0.15) is 0 Å². The maximum Gasteiger partial charge on any atom is 0.193 e. The highest BCUT2D eigenvalue weighted by atomic mass is 28.4. The van der Waals surface area contributed by atoms with Crippen molar-refractivity contribution in [3.05, 3.63) is 34.9 Å². The van der Waals surface area contributed by atoms with Crippen LogP contribution in [-0.4, -0.2) is 15.4 Å². The largest absolute Gasteiger partial charge is 0.420 e. The third kappa shape index (κ3) is 5.19. The molecule has 0 N–H and O–H groups in total. The lowest BCUT2D eigenvalue weighted by molar-refractivity contribution is 0.387. The monoisotopic (exact) mass is 344 g/mol. The predicted molar refractivity (Wildman–Crippen MR) is 107 cm³/mol. The fourth-order valence-electron chi connectivity index (χ4n) is 4.74. The SMILES string of the molecule is CO[Si](CCC1=CCCC1)(CCC1=CCCC1)CCC1=CCCC1. The van der Waals surface area contributed by atoms with E-state index in [1.54, 1.807) is 16.7 Å². The van der Waals surface area contributed by atoms with Gasteiger partial charge in [-0.05, 0) is 95.2 Å². The van der Waals surface area contributed by atoms with Gasteiger partial charge in [-0.3, -0.25) is 0 Å². The molecule has 0 bridgehead atoms. The zero-order chi connectivity index (χ0) is 16.7. The summed E-state index contributed by atoms with van der Waals surface area (Å²) in [6.07, 6.45) is 23.6. The molecule has 1 nitrogen and oxygen atoms in total. The van der Waals surface area contributed by atoms with Gasteiger partial charge in [0.05, 0.1) is 0 Å². The molecule has 0 amide bonds. The lowest BCUT2D eigenvalue weighted by atomic mass is 10.2. The fraction of sp³-hybridized carbons (Fsp3) is 0.727. The quantitative estimate of drug-likeness (QED) is 0.304. The van der Waals surface area contributed by atoms with Gasteiger partial charge in [0.25, 0.3) is 0 Å². The molecule has 0 atom stereocenters. The Labute approximate surface area is 150 Å². The van der Waals surface area contributed by atoms with Crippen molar-refractivity contribution in [3.8, 4) is 0 Å². The van der Waals surface area contributed by atoms with Gasteiger partial charge in [0.2, 0.25) is 0 Å². The molecule has 2 heteroatoms. The van der Waals surface area contributed by atoms with Crippen molar-refractivity contribution in [2.45, 2.75) is 95.2 Å². The maximum atomic E-state index is 6.37. The minimum Gasteiger partial charge on any atom is -0.420 e. The highest BCUT2D eigenvalue weighted by molar-refractivity contribution is 6.73. The topological polar surface area (TPSA) is 9.23 Å². The van der Waals surface area contributed by atoms with Gasteiger partial charge in [0.1, 0.15) is 0 Å². The first-order chi connectivity index (χ1) is 11.8. The van der Waals surface area contributed by atoms with Gasteiger partial charge in [0.15, 0.2) is 8.32 Å². The van der Waals surface area contributed by atoms with Gasteiger partial charge < -0.3 is 4.43 Å². The zero-order valence-corrected chi connectivity index (χ0v) is 16.7. The van der Waals surface area contributed by atoms with Crippen molar-refractivity contribution in [1.82, 2.24) is 0 Å². The molecule has 0 unspecified atom stereocenters. The van der Waals surface area contributed by atoms with Gasteiger partial charge in [-0.15, -0.1) is 0 Å². The molecule has 3 aliphatic rings. The molecule has 0 aromatic heterocycles. The molecular formula is C22H36OSi. The van der Waals surface area contributed by atoms with Crippen LogP contribution in [0, 0.1) is 0 Å². The lowest BCUT2D eigenvalue weighted by Crippen LogP contribution is -2.37. The Morgan fingerprint density at radius 1 is 0.708 bits per heavy atom. The summed E-state index contributed by atoms with van der Waals surface area (Å²) in [5.74, 6) is 0. The first kappa shape index (κ1) is 18.2. The maximum absolute atomic E-state index is 6.37. The van der Waals surface area contributed by atoms with E-state index < -0.39 is 8.32 Å². The Bertz CT molecular complexity index is 431. The Kier molecular flexibility index (Phi) is 6.97. The second kappa shape index (κ2) is 9.19. The van der Waals surface area contributed by atoms with E-state index in [9.17, 15) is 0 Å². The Morgan fingerprint density at radius 3 is 1.33 bits per heavy atom. The predicted octanol–water partition coefficient (Wildman–Crippen LogP) is 7.08. The van der Waals surface area contributed by atoms with Crippen LogP contribution in [0.15, 0.2) is 34.9 Å². The third-order valence-electron chi connectivity index (χ3n) is 6.54. The van der Waals surface area contributed by atoms with Gasteiger partial charge in [-0.1, -0.05) is 34.9 Å². The van der Waals surface area contributed by atoms with Crippen molar-refractivity contribution >= 4 is 8.32 Å². The first-order valence-electron chi connectivity index (χ1n) is 10.4. The van der Waals surface area contributed by atoms with Crippen LogP contribution >= 0.6 is 0 Å². The molecule has 0 aromatic carbocycles. The van der Waals surface area contributed by atoms with E-state index in [1.807, 2.05) is 7.11 Å². The van der Waals surface area contributed by atoms with E-state index in [4.69, 9.17) is 4.43 Å². The molecule has 0 saturated carbocycles. The first-order valence-corrected chi connectivity index (χ1v) is 12.9. The molecule has 0 aliphatic heterocycles. The molecular weight excluding hydrogens is 308 g/mol. The summed E-state index contributed by atoms with van der Waals surface area (Å²) >= 11 is 0. The van der Waals surface area contributed by atoms with Crippen molar-refractivity contribution in [2.24, 2.45) is 0 Å². The summed E-state index contributed by atoms with van der Waals surface area (Å²) in [7, 11) is 0.435. The van der Waals surface area contributed by atoms with Crippen LogP contribution in [-0.2, 0) is 4.43 Å². The Balaban J connectivity index is 1.59. The molecule has 0 spiro atoms. The van der Waals surface area contributed by atoms with E-state index in [-0.39, 0.29) is 0 Å². The van der Waals surface area contributed by atoms with Gasteiger partial charge in [0, 0.05) is 7.11 Å². The summed E-state index contributed by atoms with van der Waals surface area (Å²) < 4.78 is 6.37. The third-order valence-corrected chi connectivity index (χ3v) is 10.9. The van der Waals surface area contributed by atoms with Gasteiger partial charge in [-0.25, -0.2) is 0 Å².